The molecule has 28 heavy (non-hydrogen) atoms. The van der Waals surface area contributed by atoms with Crippen molar-refractivity contribution in [1.29, 1.82) is 5.26 Å². The maximum Gasteiger partial charge on any atom is 0.243 e. The molecule has 9 heteroatoms. The van der Waals surface area contributed by atoms with Crippen molar-refractivity contribution >= 4 is 32.3 Å². The average molecular weight is 422 g/mol. The van der Waals surface area contributed by atoms with E-state index in [2.05, 4.69) is 11.4 Å². The fraction of sp³-hybridized carbons (Fsp3) is 0.368. The first-order valence-corrected chi connectivity index (χ1v) is 11.1. The zero-order chi connectivity index (χ0) is 20.5. The van der Waals surface area contributed by atoms with E-state index in [1.54, 1.807) is 0 Å². The summed E-state index contributed by atoms with van der Waals surface area (Å²) in [6, 6.07) is 6.84. The first-order valence-electron chi connectivity index (χ1n) is 8.80. The number of nitrogens with zero attached hydrogens (tertiary/aromatic N) is 2. The Morgan fingerprint density at radius 3 is 2.43 bits per heavy atom. The Bertz CT molecular complexity index is 1030. The van der Waals surface area contributed by atoms with Crippen molar-refractivity contribution in [1.82, 2.24) is 4.31 Å². The molecule has 3 rings (SSSR count). The molecular weight excluding hydrogens is 401 g/mol. The molecule has 0 unspecified atom stereocenters. The fourth-order valence-electron chi connectivity index (χ4n) is 3.18. The Morgan fingerprint density at radius 1 is 1.25 bits per heavy atom. The summed E-state index contributed by atoms with van der Waals surface area (Å²) in [5.74, 6) is -1.02. The second kappa shape index (κ2) is 7.99. The van der Waals surface area contributed by atoms with Gasteiger partial charge in [-0.1, -0.05) is 0 Å². The van der Waals surface area contributed by atoms with Crippen LogP contribution in [0, 0.1) is 36.9 Å². The monoisotopic (exact) mass is 421 g/mol. The van der Waals surface area contributed by atoms with Crippen LogP contribution < -0.4 is 5.32 Å². The number of benzene rings is 1. The van der Waals surface area contributed by atoms with Gasteiger partial charge in [-0.25, -0.2) is 12.8 Å². The van der Waals surface area contributed by atoms with E-state index in [0.29, 0.717) is 23.4 Å². The number of hydrogen-bond acceptors (Lipinski definition) is 5. The Labute approximate surface area is 167 Å². The van der Waals surface area contributed by atoms with Crippen LogP contribution in [0.3, 0.4) is 0 Å². The van der Waals surface area contributed by atoms with Crippen molar-refractivity contribution in [2.45, 2.75) is 31.6 Å². The van der Waals surface area contributed by atoms with Gasteiger partial charge in [0.1, 0.15) is 16.9 Å². The van der Waals surface area contributed by atoms with Crippen LogP contribution in [0.25, 0.3) is 0 Å². The number of halogens is 1. The molecule has 6 nitrogen and oxygen atoms in total. The molecule has 2 aromatic rings. The van der Waals surface area contributed by atoms with Gasteiger partial charge in [-0.2, -0.15) is 9.57 Å². The number of nitrogens with one attached hydrogen (secondary N) is 1. The zero-order valence-corrected chi connectivity index (χ0v) is 17.2. The van der Waals surface area contributed by atoms with Crippen LogP contribution in [0.4, 0.5) is 9.39 Å². The largest absolute Gasteiger partial charge is 0.316 e. The first-order chi connectivity index (χ1) is 13.2. The van der Waals surface area contributed by atoms with Crippen molar-refractivity contribution in [2.75, 3.05) is 18.4 Å². The van der Waals surface area contributed by atoms with E-state index in [1.165, 1.54) is 27.8 Å². The van der Waals surface area contributed by atoms with Gasteiger partial charge in [-0.15, -0.1) is 11.3 Å². The van der Waals surface area contributed by atoms with Crippen LogP contribution in [0.5, 0.6) is 0 Å². The molecule has 1 aromatic heterocycles. The minimum Gasteiger partial charge on any atom is -0.316 e. The standard InChI is InChI=1S/C19H20FN3O3S2/c1-12-13(2)27-19(17(12)11-21)22-18(24)14-7-9-23(10-8-14)28(25,26)16-5-3-15(20)4-6-16/h3-6,14H,7-10H2,1-2H3,(H,22,24). The number of sulfonamides is 1. The third kappa shape index (κ3) is 3.94. The van der Waals surface area contributed by atoms with Crippen molar-refractivity contribution in [2.24, 2.45) is 5.92 Å². The predicted molar refractivity (Wildman–Crippen MR) is 105 cm³/mol. The van der Waals surface area contributed by atoms with Crippen LogP contribution in [-0.4, -0.2) is 31.7 Å². The molecule has 1 aliphatic heterocycles. The Morgan fingerprint density at radius 2 is 1.86 bits per heavy atom. The number of nitriles is 1. The number of anilines is 1. The lowest BCUT2D eigenvalue weighted by Crippen LogP contribution is -2.41. The lowest BCUT2D eigenvalue weighted by atomic mass is 9.97. The molecule has 1 N–H and O–H groups in total. The maximum atomic E-state index is 13.0. The Kier molecular flexibility index (Phi) is 5.84. The number of thiophene rings is 1. The van der Waals surface area contributed by atoms with E-state index in [-0.39, 0.29) is 29.8 Å². The molecule has 0 radical (unpaired) electrons. The molecule has 0 spiro atoms. The van der Waals surface area contributed by atoms with Crippen LogP contribution in [0.2, 0.25) is 0 Å². The van der Waals surface area contributed by atoms with Gasteiger partial charge in [0.15, 0.2) is 0 Å². The van der Waals surface area contributed by atoms with Crippen LogP contribution in [0.1, 0.15) is 28.8 Å². The summed E-state index contributed by atoms with van der Waals surface area (Å²) in [5, 5.41) is 12.7. The number of hydrogen-bond donors (Lipinski definition) is 1. The highest BCUT2D eigenvalue weighted by Gasteiger charge is 2.32. The number of amides is 1. The highest BCUT2D eigenvalue weighted by atomic mass is 32.2. The summed E-state index contributed by atoms with van der Waals surface area (Å²) in [4.78, 5) is 13.6. The number of carbonyl (C=O) groups excluding carboxylic acids is 1. The summed E-state index contributed by atoms with van der Waals surface area (Å²) in [5.41, 5.74) is 1.34. The van der Waals surface area contributed by atoms with Crippen LogP contribution >= 0.6 is 11.3 Å². The molecule has 0 bridgehead atoms. The normalized spacial score (nSPS) is 15.9. The third-order valence-electron chi connectivity index (χ3n) is 5.01. The van der Waals surface area contributed by atoms with Crippen molar-refractivity contribution in [3.8, 4) is 6.07 Å². The predicted octanol–water partition coefficient (Wildman–Crippen LogP) is 3.42. The zero-order valence-electron chi connectivity index (χ0n) is 15.5. The Hall–Kier alpha value is -2.28. The molecule has 1 aliphatic rings. The third-order valence-corrected chi connectivity index (χ3v) is 8.05. The second-order valence-corrected chi connectivity index (χ2v) is 9.88. The van der Waals surface area contributed by atoms with Crippen molar-refractivity contribution < 1.29 is 17.6 Å². The fourth-order valence-corrected chi connectivity index (χ4v) is 5.66. The van der Waals surface area contributed by atoms with Gasteiger partial charge in [0.25, 0.3) is 0 Å². The van der Waals surface area contributed by atoms with Crippen LogP contribution in [-0.2, 0) is 14.8 Å². The molecule has 2 heterocycles. The molecule has 148 valence electrons. The average Bonchev–Trinajstić information content (AvgIpc) is 2.95. The van der Waals surface area contributed by atoms with Crippen molar-refractivity contribution in [3.05, 3.63) is 46.1 Å². The first kappa shape index (κ1) is 20.5. The molecular formula is C19H20FN3O3S2. The lowest BCUT2D eigenvalue weighted by molar-refractivity contribution is -0.120. The number of rotatable bonds is 4. The lowest BCUT2D eigenvalue weighted by Gasteiger charge is -2.30. The highest BCUT2D eigenvalue weighted by Crippen LogP contribution is 2.33. The molecule has 0 saturated carbocycles. The van der Waals surface area contributed by atoms with E-state index in [1.807, 2.05) is 13.8 Å². The maximum absolute atomic E-state index is 13.0. The molecule has 0 aliphatic carbocycles. The van der Waals surface area contributed by atoms with E-state index < -0.39 is 15.8 Å². The van der Waals surface area contributed by atoms with Gasteiger partial charge in [0, 0.05) is 23.9 Å². The minimum absolute atomic E-state index is 0.0417. The van der Waals surface area contributed by atoms with Gasteiger partial charge in [0.2, 0.25) is 15.9 Å². The van der Waals surface area contributed by atoms with E-state index in [4.69, 9.17) is 0 Å². The Balaban J connectivity index is 1.65. The van der Waals surface area contributed by atoms with Crippen molar-refractivity contribution in [3.63, 3.8) is 0 Å². The summed E-state index contributed by atoms with van der Waals surface area (Å²) < 4.78 is 39.7. The van der Waals surface area contributed by atoms with Gasteiger partial charge in [0.05, 0.1) is 10.5 Å². The molecule has 1 saturated heterocycles. The van der Waals surface area contributed by atoms with Gasteiger partial charge < -0.3 is 5.32 Å². The van der Waals surface area contributed by atoms with E-state index in [9.17, 15) is 22.9 Å². The van der Waals surface area contributed by atoms with Gasteiger partial charge >= 0.3 is 0 Å². The summed E-state index contributed by atoms with van der Waals surface area (Å²) in [6.45, 7) is 4.17. The summed E-state index contributed by atoms with van der Waals surface area (Å²) >= 11 is 1.37. The van der Waals surface area contributed by atoms with Crippen LogP contribution in [0.15, 0.2) is 29.2 Å². The molecule has 1 fully saturated rings. The second-order valence-electron chi connectivity index (χ2n) is 6.72. The SMILES string of the molecule is Cc1sc(NC(=O)C2CCN(S(=O)(=O)c3ccc(F)cc3)CC2)c(C#N)c1C. The van der Waals surface area contributed by atoms with Gasteiger partial charge in [-0.3, -0.25) is 4.79 Å². The minimum atomic E-state index is -3.71. The highest BCUT2D eigenvalue weighted by molar-refractivity contribution is 7.89. The smallest absolute Gasteiger partial charge is 0.243 e. The number of piperidine rings is 1. The number of carbonyl (C=O) groups is 1. The molecule has 1 amide bonds. The summed E-state index contributed by atoms with van der Waals surface area (Å²) in [6.07, 6.45) is 0.773. The summed E-state index contributed by atoms with van der Waals surface area (Å²) in [7, 11) is -3.71. The van der Waals surface area contributed by atoms with Gasteiger partial charge in [-0.05, 0) is 56.5 Å². The van der Waals surface area contributed by atoms with E-state index in [0.717, 1.165) is 22.6 Å². The molecule has 0 atom stereocenters. The topological polar surface area (TPSA) is 90.3 Å². The number of aryl methyl sites for hydroxylation is 1. The van der Waals surface area contributed by atoms with E-state index >= 15 is 0 Å². The molecule has 1 aromatic carbocycles. The quantitative estimate of drug-likeness (QED) is 0.819.